The average Bonchev–Trinajstić information content (AvgIpc) is 2.39. The molecule has 0 aromatic rings. The highest BCUT2D eigenvalue weighted by Gasteiger charge is 2.31. The van der Waals surface area contributed by atoms with E-state index in [0.29, 0.717) is 39.3 Å². The zero-order valence-electron chi connectivity index (χ0n) is 11.2. The van der Waals surface area contributed by atoms with Crippen LogP contribution in [0.5, 0.6) is 0 Å². The zero-order valence-corrected chi connectivity index (χ0v) is 11.2. The van der Waals surface area contributed by atoms with Crippen molar-refractivity contribution in [3.63, 3.8) is 0 Å². The minimum Gasteiger partial charge on any atom is -0.381 e. The summed E-state index contributed by atoms with van der Waals surface area (Å²) in [5.74, 6) is -0.101. The molecule has 104 valence electrons. The summed E-state index contributed by atoms with van der Waals surface area (Å²) in [6, 6.07) is -0.396. The van der Waals surface area contributed by atoms with Gasteiger partial charge in [-0.05, 0) is 13.8 Å². The van der Waals surface area contributed by atoms with Gasteiger partial charge in [0.2, 0.25) is 11.8 Å². The fraction of sp³-hybridized carbons (Fsp3) is 0.833. The van der Waals surface area contributed by atoms with Crippen molar-refractivity contribution in [3.05, 3.63) is 0 Å². The Kier molecular flexibility index (Phi) is 6.67. The number of rotatable bonds is 6. The first kappa shape index (κ1) is 14.9. The van der Waals surface area contributed by atoms with Crippen molar-refractivity contribution in [2.45, 2.75) is 26.3 Å². The molecule has 6 heteroatoms. The fourth-order valence-electron chi connectivity index (χ4n) is 1.98. The van der Waals surface area contributed by atoms with Crippen LogP contribution in [0, 0.1) is 0 Å². The van der Waals surface area contributed by atoms with E-state index in [-0.39, 0.29) is 11.8 Å². The topological polar surface area (TPSA) is 70.7 Å². The van der Waals surface area contributed by atoms with E-state index in [1.165, 1.54) is 0 Å². The van der Waals surface area contributed by atoms with Gasteiger partial charge in [0, 0.05) is 32.8 Å². The Balaban J connectivity index is 2.52. The Morgan fingerprint density at radius 2 is 2.22 bits per heavy atom. The molecule has 0 aromatic carbocycles. The third-order valence-corrected chi connectivity index (χ3v) is 2.88. The molecule has 1 heterocycles. The van der Waals surface area contributed by atoms with E-state index in [1.54, 1.807) is 4.90 Å². The van der Waals surface area contributed by atoms with Crippen LogP contribution in [0.3, 0.4) is 0 Å². The number of amides is 2. The largest absolute Gasteiger partial charge is 0.381 e. The standard InChI is InChI=1S/C12H23N3O3/c1-3-14-12(17)10-9-13-6-7-15(10)11(16)5-8-18-4-2/h10,13H,3-9H2,1-2H3,(H,14,17). The van der Waals surface area contributed by atoms with Gasteiger partial charge in [-0.15, -0.1) is 0 Å². The molecule has 0 radical (unpaired) electrons. The Bertz CT molecular complexity index is 284. The predicted octanol–water partition coefficient (Wildman–Crippen LogP) is -0.650. The molecule has 0 spiro atoms. The minimum atomic E-state index is -0.396. The molecule has 6 nitrogen and oxygen atoms in total. The van der Waals surface area contributed by atoms with Crippen molar-refractivity contribution in [2.75, 3.05) is 39.4 Å². The van der Waals surface area contributed by atoms with E-state index in [1.807, 2.05) is 13.8 Å². The molecule has 0 bridgehead atoms. The van der Waals surface area contributed by atoms with Crippen molar-refractivity contribution >= 4 is 11.8 Å². The number of hydrogen-bond acceptors (Lipinski definition) is 4. The normalized spacial score (nSPS) is 19.7. The number of nitrogens with zero attached hydrogens (tertiary/aromatic N) is 1. The fourth-order valence-corrected chi connectivity index (χ4v) is 1.98. The van der Waals surface area contributed by atoms with Crippen LogP contribution in [0.25, 0.3) is 0 Å². The number of ether oxygens (including phenoxy) is 1. The van der Waals surface area contributed by atoms with Gasteiger partial charge in [-0.1, -0.05) is 0 Å². The smallest absolute Gasteiger partial charge is 0.244 e. The lowest BCUT2D eigenvalue weighted by Crippen LogP contribution is -2.59. The van der Waals surface area contributed by atoms with Gasteiger partial charge in [-0.2, -0.15) is 0 Å². The summed E-state index contributed by atoms with van der Waals surface area (Å²) in [5.41, 5.74) is 0. The third kappa shape index (κ3) is 4.27. The molecule has 2 N–H and O–H groups in total. The highest BCUT2D eigenvalue weighted by molar-refractivity contribution is 5.88. The summed E-state index contributed by atoms with van der Waals surface area (Å²) >= 11 is 0. The third-order valence-electron chi connectivity index (χ3n) is 2.88. The Hall–Kier alpha value is -1.14. The van der Waals surface area contributed by atoms with Crippen LogP contribution in [0.4, 0.5) is 0 Å². The van der Waals surface area contributed by atoms with Crippen LogP contribution < -0.4 is 10.6 Å². The lowest BCUT2D eigenvalue weighted by atomic mass is 10.1. The van der Waals surface area contributed by atoms with Crippen LogP contribution in [0.15, 0.2) is 0 Å². The van der Waals surface area contributed by atoms with Gasteiger partial charge in [0.15, 0.2) is 0 Å². The zero-order chi connectivity index (χ0) is 13.4. The molecule has 1 rings (SSSR count). The van der Waals surface area contributed by atoms with E-state index in [4.69, 9.17) is 4.74 Å². The second-order valence-electron chi connectivity index (χ2n) is 4.15. The van der Waals surface area contributed by atoms with E-state index in [9.17, 15) is 9.59 Å². The molecule has 0 aliphatic carbocycles. The second-order valence-corrected chi connectivity index (χ2v) is 4.15. The molecule has 0 aromatic heterocycles. The maximum Gasteiger partial charge on any atom is 0.244 e. The summed E-state index contributed by atoms with van der Waals surface area (Å²) < 4.78 is 5.17. The number of nitrogens with one attached hydrogen (secondary N) is 2. The van der Waals surface area contributed by atoms with E-state index in [0.717, 1.165) is 6.54 Å². The molecule has 2 amide bonds. The summed E-state index contributed by atoms with van der Waals surface area (Å²) in [4.78, 5) is 25.6. The van der Waals surface area contributed by atoms with Crippen molar-refractivity contribution in [1.29, 1.82) is 0 Å². The number of hydrogen-bond donors (Lipinski definition) is 2. The minimum absolute atomic E-state index is 0.0128. The first-order valence-electron chi connectivity index (χ1n) is 6.56. The number of carbonyl (C=O) groups excluding carboxylic acids is 2. The predicted molar refractivity (Wildman–Crippen MR) is 68.2 cm³/mol. The first-order valence-corrected chi connectivity index (χ1v) is 6.56. The van der Waals surface area contributed by atoms with Crippen LogP contribution in [0.1, 0.15) is 20.3 Å². The van der Waals surface area contributed by atoms with Crippen LogP contribution in [-0.4, -0.2) is 62.1 Å². The Morgan fingerprint density at radius 1 is 1.44 bits per heavy atom. The van der Waals surface area contributed by atoms with Crippen LogP contribution in [-0.2, 0) is 14.3 Å². The van der Waals surface area contributed by atoms with Crippen molar-refractivity contribution in [2.24, 2.45) is 0 Å². The summed E-state index contributed by atoms with van der Waals surface area (Å²) in [5, 5.41) is 5.90. The van der Waals surface area contributed by atoms with Gasteiger partial charge in [0.05, 0.1) is 13.0 Å². The van der Waals surface area contributed by atoms with Crippen LogP contribution >= 0.6 is 0 Å². The quantitative estimate of drug-likeness (QED) is 0.620. The van der Waals surface area contributed by atoms with Crippen molar-refractivity contribution < 1.29 is 14.3 Å². The number of piperazine rings is 1. The van der Waals surface area contributed by atoms with E-state index >= 15 is 0 Å². The number of carbonyl (C=O) groups is 2. The SMILES string of the molecule is CCNC(=O)C1CNCCN1C(=O)CCOCC. The molecule has 0 saturated carbocycles. The maximum atomic E-state index is 12.0. The lowest BCUT2D eigenvalue weighted by Gasteiger charge is -2.35. The van der Waals surface area contributed by atoms with Gasteiger partial charge in [-0.25, -0.2) is 0 Å². The number of likely N-dealkylation sites (N-methyl/N-ethyl adjacent to an activating group) is 1. The molecule has 1 aliphatic rings. The van der Waals surface area contributed by atoms with Gasteiger partial charge in [0.1, 0.15) is 6.04 Å². The average molecular weight is 257 g/mol. The van der Waals surface area contributed by atoms with Gasteiger partial charge < -0.3 is 20.3 Å². The summed E-state index contributed by atoms with van der Waals surface area (Å²) in [7, 11) is 0. The molecule has 1 aliphatic heterocycles. The van der Waals surface area contributed by atoms with Crippen molar-refractivity contribution in [1.82, 2.24) is 15.5 Å². The molecule has 18 heavy (non-hydrogen) atoms. The molecule has 1 unspecified atom stereocenters. The van der Waals surface area contributed by atoms with E-state index < -0.39 is 6.04 Å². The second kappa shape index (κ2) is 8.05. The first-order chi connectivity index (χ1) is 8.70. The van der Waals surface area contributed by atoms with Crippen LogP contribution in [0.2, 0.25) is 0 Å². The highest BCUT2D eigenvalue weighted by atomic mass is 16.5. The monoisotopic (exact) mass is 257 g/mol. The Labute approximate surface area is 108 Å². The molecular weight excluding hydrogens is 234 g/mol. The van der Waals surface area contributed by atoms with Gasteiger partial charge >= 0.3 is 0 Å². The molecule has 1 saturated heterocycles. The Morgan fingerprint density at radius 3 is 2.89 bits per heavy atom. The molecular formula is C12H23N3O3. The lowest BCUT2D eigenvalue weighted by molar-refractivity contribution is -0.142. The van der Waals surface area contributed by atoms with Gasteiger partial charge in [0.25, 0.3) is 0 Å². The summed E-state index contributed by atoms with van der Waals surface area (Å²) in [6.45, 7) is 7.20. The molecule has 1 fully saturated rings. The van der Waals surface area contributed by atoms with E-state index in [2.05, 4.69) is 10.6 Å². The van der Waals surface area contributed by atoms with Crippen molar-refractivity contribution in [3.8, 4) is 0 Å². The summed E-state index contributed by atoms with van der Waals surface area (Å²) in [6.07, 6.45) is 0.337. The maximum absolute atomic E-state index is 12.0. The van der Waals surface area contributed by atoms with Gasteiger partial charge in [-0.3, -0.25) is 9.59 Å². The highest BCUT2D eigenvalue weighted by Crippen LogP contribution is 2.06. The molecule has 1 atom stereocenters.